The third-order valence-corrected chi connectivity index (χ3v) is 8.26. The molecule has 2 rings (SSSR count). The zero-order valence-corrected chi connectivity index (χ0v) is 26.3. The van der Waals surface area contributed by atoms with Gasteiger partial charge in [-0.25, -0.2) is 37.7 Å². The zero-order chi connectivity index (χ0) is 33.2. The molecule has 0 saturated carbocycles. The molecule has 0 radical (unpaired) electrons. The Morgan fingerprint density at radius 1 is 0.841 bits per heavy atom. The lowest BCUT2D eigenvalue weighted by Gasteiger charge is -2.29. The first-order valence-electron chi connectivity index (χ1n) is 14.7. The summed E-state index contributed by atoms with van der Waals surface area (Å²) in [6.45, 7) is 15.0. The first kappa shape index (κ1) is 36.2. The van der Waals surface area contributed by atoms with Crippen LogP contribution >= 0.6 is 0 Å². The Bertz CT molecular complexity index is 1520. The average molecular weight is 616 g/mol. The number of aromatic nitrogens is 3. The number of aliphatic hydroxyl groups excluding tert-OH is 2. The summed E-state index contributed by atoms with van der Waals surface area (Å²) >= 11 is 0. The maximum absolute atomic E-state index is 13.4. The van der Waals surface area contributed by atoms with E-state index in [9.17, 15) is 34.2 Å². The smallest absolute Gasteiger partial charge is 0.339 e. The van der Waals surface area contributed by atoms with Gasteiger partial charge in [0.2, 0.25) is 0 Å². The van der Waals surface area contributed by atoms with Gasteiger partial charge >= 0.3 is 29.0 Å². The van der Waals surface area contributed by atoms with Crippen molar-refractivity contribution in [1.29, 1.82) is 0 Å². The van der Waals surface area contributed by atoms with Gasteiger partial charge in [-0.3, -0.25) is 0 Å². The Hall–Kier alpha value is -4.03. The fourth-order valence-corrected chi connectivity index (χ4v) is 4.67. The van der Waals surface area contributed by atoms with Gasteiger partial charge in [-0.15, -0.1) is 13.2 Å². The van der Waals surface area contributed by atoms with Crippen molar-refractivity contribution in [3.05, 3.63) is 92.2 Å². The second-order valence-corrected chi connectivity index (χ2v) is 11.4. The van der Waals surface area contributed by atoms with Crippen molar-refractivity contribution in [2.45, 2.75) is 91.1 Å². The van der Waals surface area contributed by atoms with Crippen LogP contribution in [0.25, 0.3) is 0 Å². The quantitative estimate of drug-likeness (QED) is 0.202. The lowest BCUT2D eigenvalue weighted by atomic mass is 9.82. The van der Waals surface area contributed by atoms with Gasteiger partial charge in [0.05, 0.1) is 35.9 Å². The summed E-state index contributed by atoms with van der Waals surface area (Å²) < 4.78 is 13.1. The van der Waals surface area contributed by atoms with Gasteiger partial charge in [0.1, 0.15) is 19.3 Å². The molecule has 0 amide bonds. The third-order valence-electron chi connectivity index (χ3n) is 8.26. The van der Waals surface area contributed by atoms with Crippen LogP contribution in [0.15, 0.2) is 64.0 Å². The Morgan fingerprint density at radius 3 is 1.80 bits per heavy atom. The highest BCUT2D eigenvalue weighted by atomic mass is 16.5. The summed E-state index contributed by atoms with van der Waals surface area (Å²) in [4.78, 5) is 65.2. The summed E-state index contributed by atoms with van der Waals surface area (Å²) in [6.07, 6.45) is 2.57. The van der Waals surface area contributed by atoms with Crippen LogP contribution in [0.1, 0.15) is 81.0 Å². The highest BCUT2D eigenvalue weighted by Gasteiger charge is 2.30. The Balaban J connectivity index is 2.22. The van der Waals surface area contributed by atoms with Crippen molar-refractivity contribution >= 4 is 11.9 Å². The standard InChI is InChI=1S/C32H45N3O9/c1-8-17-33-28(40)34(30(42)35(29(33)41)32(7,11-4)12-5)19-23(37)21-44-27(39)25-16-14-13-15-24(25)26(38)43-20-22(36)18-31(6,9-2)10-3/h8-9,13-16,22-23,36-37H,1-2,10-12,17-21H2,3-7H3. The van der Waals surface area contributed by atoms with E-state index in [2.05, 4.69) is 13.2 Å². The number of hydrogen-bond donors (Lipinski definition) is 2. The van der Waals surface area contributed by atoms with Crippen molar-refractivity contribution < 1.29 is 29.3 Å². The molecule has 1 heterocycles. The Morgan fingerprint density at radius 2 is 1.34 bits per heavy atom. The fraction of sp³-hybridized carbons (Fsp3) is 0.531. The number of esters is 2. The van der Waals surface area contributed by atoms with Gasteiger partial charge in [0.25, 0.3) is 0 Å². The lowest BCUT2D eigenvalue weighted by molar-refractivity contribution is 0.0142. The first-order chi connectivity index (χ1) is 20.7. The molecular formula is C32H45N3O9. The molecule has 242 valence electrons. The summed E-state index contributed by atoms with van der Waals surface area (Å²) in [5, 5.41) is 21.0. The average Bonchev–Trinajstić information content (AvgIpc) is 3.02. The second kappa shape index (κ2) is 15.6. The minimum Gasteiger partial charge on any atom is -0.459 e. The van der Waals surface area contributed by atoms with Crippen molar-refractivity contribution in [3.8, 4) is 0 Å². The first-order valence-corrected chi connectivity index (χ1v) is 14.7. The SMILES string of the molecule is C=CCn1c(=O)n(CC(O)COC(=O)c2ccccc2C(=O)OCC(O)CC(C)(C=C)CC)c(=O)n(C(C)(CC)CC)c1=O. The number of hydrogen-bond acceptors (Lipinski definition) is 9. The van der Waals surface area contributed by atoms with Gasteiger partial charge in [-0.05, 0) is 50.2 Å². The molecule has 44 heavy (non-hydrogen) atoms. The van der Waals surface area contributed by atoms with Crippen LogP contribution < -0.4 is 17.1 Å². The van der Waals surface area contributed by atoms with Gasteiger partial charge < -0.3 is 19.7 Å². The minimum absolute atomic E-state index is 0.102. The van der Waals surface area contributed by atoms with E-state index in [0.717, 1.165) is 20.1 Å². The Labute approximate surface area is 256 Å². The molecule has 1 aromatic heterocycles. The molecule has 12 nitrogen and oxygen atoms in total. The number of allylic oxidation sites excluding steroid dienone is 2. The predicted octanol–water partition coefficient (Wildman–Crippen LogP) is 2.62. The number of carbonyl (C=O) groups is 2. The van der Waals surface area contributed by atoms with Crippen LogP contribution in [0.2, 0.25) is 0 Å². The van der Waals surface area contributed by atoms with E-state index in [1.54, 1.807) is 13.0 Å². The summed E-state index contributed by atoms with van der Waals surface area (Å²) in [6, 6.07) is 5.75. The van der Waals surface area contributed by atoms with E-state index in [1.165, 1.54) is 30.3 Å². The van der Waals surface area contributed by atoms with E-state index >= 15 is 0 Å². The van der Waals surface area contributed by atoms with Gasteiger partial charge in [0, 0.05) is 0 Å². The highest BCUT2D eigenvalue weighted by molar-refractivity contribution is 6.03. The molecule has 3 atom stereocenters. The maximum atomic E-state index is 13.4. The molecule has 0 saturated heterocycles. The predicted molar refractivity (Wildman–Crippen MR) is 166 cm³/mol. The fourth-order valence-electron chi connectivity index (χ4n) is 4.67. The number of ether oxygens (including phenoxy) is 2. The van der Waals surface area contributed by atoms with Gasteiger partial charge in [0.15, 0.2) is 0 Å². The van der Waals surface area contributed by atoms with Crippen molar-refractivity contribution in [2.24, 2.45) is 5.41 Å². The second-order valence-electron chi connectivity index (χ2n) is 11.4. The molecule has 0 aliphatic rings. The highest BCUT2D eigenvalue weighted by Crippen LogP contribution is 2.28. The van der Waals surface area contributed by atoms with E-state index < -0.39 is 59.9 Å². The molecule has 0 spiro atoms. The lowest BCUT2D eigenvalue weighted by Crippen LogP contribution is -2.60. The maximum Gasteiger partial charge on any atom is 0.339 e. The number of nitrogens with zero attached hydrogens (tertiary/aromatic N) is 3. The monoisotopic (exact) mass is 615 g/mol. The topological polar surface area (TPSA) is 159 Å². The third kappa shape index (κ3) is 8.32. The van der Waals surface area contributed by atoms with Crippen LogP contribution in [-0.2, 0) is 28.1 Å². The van der Waals surface area contributed by atoms with Gasteiger partial charge in [-0.2, -0.15) is 0 Å². The summed E-state index contributed by atoms with van der Waals surface area (Å²) in [7, 11) is 0. The molecule has 2 aromatic rings. The number of benzene rings is 1. The zero-order valence-electron chi connectivity index (χ0n) is 26.3. The van der Waals surface area contributed by atoms with E-state index in [4.69, 9.17) is 9.47 Å². The summed E-state index contributed by atoms with van der Waals surface area (Å²) in [5.74, 6) is -1.80. The molecule has 0 aliphatic carbocycles. The largest absolute Gasteiger partial charge is 0.459 e. The number of aliphatic hydroxyl groups is 2. The van der Waals surface area contributed by atoms with Crippen molar-refractivity contribution in [1.82, 2.24) is 13.7 Å². The normalized spacial score (nSPS) is 14.2. The molecule has 0 bridgehead atoms. The van der Waals surface area contributed by atoms with E-state index in [0.29, 0.717) is 19.3 Å². The molecule has 12 heteroatoms. The molecule has 2 N–H and O–H groups in total. The van der Waals surface area contributed by atoms with E-state index in [-0.39, 0.29) is 29.7 Å². The molecule has 0 aliphatic heterocycles. The molecule has 0 fully saturated rings. The van der Waals surface area contributed by atoms with Crippen LogP contribution in [0.5, 0.6) is 0 Å². The summed E-state index contributed by atoms with van der Waals surface area (Å²) in [5.41, 5.74) is -4.06. The van der Waals surface area contributed by atoms with Crippen LogP contribution in [-0.4, -0.2) is 61.3 Å². The van der Waals surface area contributed by atoms with Crippen molar-refractivity contribution in [3.63, 3.8) is 0 Å². The molecular weight excluding hydrogens is 570 g/mol. The molecule has 3 unspecified atom stereocenters. The number of carbonyl (C=O) groups excluding carboxylic acids is 2. The van der Waals surface area contributed by atoms with Crippen LogP contribution in [0.3, 0.4) is 0 Å². The van der Waals surface area contributed by atoms with Crippen LogP contribution in [0, 0.1) is 5.41 Å². The molecule has 1 aromatic carbocycles. The number of rotatable bonds is 17. The minimum atomic E-state index is -1.51. The van der Waals surface area contributed by atoms with Crippen molar-refractivity contribution in [2.75, 3.05) is 13.2 Å². The van der Waals surface area contributed by atoms with Gasteiger partial charge in [-0.1, -0.05) is 52.0 Å². The van der Waals surface area contributed by atoms with Crippen LogP contribution in [0.4, 0.5) is 0 Å². The Kier molecular flexibility index (Phi) is 12.8. The van der Waals surface area contributed by atoms with E-state index in [1.807, 2.05) is 27.7 Å².